The molecule has 1 fully saturated rings. The number of hydrogen-bond donors (Lipinski definition) is 1. The van der Waals surface area contributed by atoms with Crippen LogP contribution in [0.3, 0.4) is 0 Å². The third-order valence-corrected chi connectivity index (χ3v) is 2.22. The van der Waals surface area contributed by atoms with Gasteiger partial charge in [0, 0.05) is 13.0 Å². The van der Waals surface area contributed by atoms with Gasteiger partial charge in [-0.15, -0.1) is 5.10 Å². The molecule has 0 spiro atoms. The first-order valence-electron chi connectivity index (χ1n) is 4.47. The average molecular weight is 196 g/mol. The predicted molar refractivity (Wildman–Crippen MR) is 47.5 cm³/mol. The Morgan fingerprint density at radius 2 is 2.36 bits per heavy atom. The van der Waals surface area contributed by atoms with Crippen LogP contribution in [0.4, 0.5) is 0 Å². The summed E-state index contributed by atoms with van der Waals surface area (Å²) in [6.07, 6.45) is 2.26. The van der Waals surface area contributed by atoms with Gasteiger partial charge in [0.2, 0.25) is 5.82 Å². The van der Waals surface area contributed by atoms with Crippen molar-refractivity contribution < 1.29 is 9.63 Å². The monoisotopic (exact) mass is 196 g/mol. The Bertz CT molecular complexity index is 345. The average Bonchev–Trinajstić information content (AvgIpc) is 2.94. The van der Waals surface area contributed by atoms with Gasteiger partial charge < -0.3 is 0 Å². The third kappa shape index (κ3) is 1.60. The molecule has 1 saturated carbocycles. The summed E-state index contributed by atoms with van der Waals surface area (Å²) in [6.45, 7) is 0. The standard InChI is InChI=1S/C8H12N4O2/c1-12(14-2)8(13)7-9-6(10-11-7)5-3-4-5/h5H,3-4H2,1-2H3,(H,9,10,11). The van der Waals surface area contributed by atoms with Gasteiger partial charge in [-0.2, -0.15) is 0 Å². The zero-order valence-corrected chi connectivity index (χ0v) is 8.15. The van der Waals surface area contributed by atoms with E-state index in [0.717, 1.165) is 23.7 Å². The van der Waals surface area contributed by atoms with Crippen LogP contribution in [0.2, 0.25) is 0 Å². The molecule has 0 radical (unpaired) electrons. The molecule has 0 saturated heterocycles. The van der Waals surface area contributed by atoms with Gasteiger partial charge in [-0.05, 0) is 12.8 Å². The van der Waals surface area contributed by atoms with E-state index in [4.69, 9.17) is 4.84 Å². The molecule has 0 unspecified atom stereocenters. The molecule has 1 aliphatic carbocycles. The van der Waals surface area contributed by atoms with Gasteiger partial charge in [0.05, 0.1) is 7.11 Å². The Labute approximate surface area is 81.2 Å². The maximum Gasteiger partial charge on any atom is 0.316 e. The molecule has 0 aliphatic heterocycles. The highest BCUT2D eigenvalue weighted by molar-refractivity contribution is 5.89. The van der Waals surface area contributed by atoms with Crippen molar-refractivity contribution in [2.75, 3.05) is 14.2 Å². The molecule has 1 N–H and O–H groups in total. The summed E-state index contributed by atoms with van der Waals surface area (Å²) in [4.78, 5) is 20.3. The normalized spacial score (nSPS) is 15.6. The molecule has 1 aromatic rings. The number of hydroxylamine groups is 2. The third-order valence-electron chi connectivity index (χ3n) is 2.22. The van der Waals surface area contributed by atoms with E-state index < -0.39 is 0 Å². The second-order valence-electron chi connectivity index (χ2n) is 3.30. The number of amides is 1. The first-order chi connectivity index (χ1) is 6.72. The van der Waals surface area contributed by atoms with Gasteiger partial charge >= 0.3 is 5.91 Å². The zero-order chi connectivity index (χ0) is 10.1. The molecule has 1 aromatic heterocycles. The number of carbonyl (C=O) groups excluding carboxylic acids is 1. The Kier molecular flexibility index (Phi) is 2.20. The maximum atomic E-state index is 11.5. The number of carbonyl (C=O) groups is 1. The minimum Gasteiger partial charge on any atom is -0.274 e. The quantitative estimate of drug-likeness (QED) is 0.706. The molecule has 6 nitrogen and oxygen atoms in total. The lowest BCUT2D eigenvalue weighted by molar-refractivity contribution is -0.0764. The van der Waals surface area contributed by atoms with Crippen molar-refractivity contribution in [2.45, 2.75) is 18.8 Å². The zero-order valence-electron chi connectivity index (χ0n) is 8.15. The van der Waals surface area contributed by atoms with Crippen LogP contribution in [0.15, 0.2) is 0 Å². The van der Waals surface area contributed by atoms with Gasteiger partial charge in [0.1, 0.15) is 5.82 Å². The summed E-state index contributed by atoms with van der Waals surface area (Å²) in [7, 11) is 2.95. The molecule has 1 amide bonds. The molecule has 2 rings (SSSR count). The Balaban J connectivity index is 2.11. The van der Waals surface area contributed by atoms with Gasteiger partial charge in [-0.3, -0.25) is 14.7 Å². The second-order valence-corrected chi connectivity index (χ2v) is 3.30. The minimum atomic E-state index is -0.337. The fraction of sp³-hybridized carbons (Fsp3) is 0.625. The topological polar surface area (TPSA) is 71.1 Å². The summed E-state index contributed by atoms with van der Waals surface area (Å²) in [6, 6.07) is 0. The summed E-state index contributed by atoms with van der Waals surface area (Å²) in [5, 5.41) is 7.70. The van der Waals surface area contributed by atoms with E-state index in [1.54, 1.807) is 0 Å². The molecule has 1 heterocycles. The van der Waals surface area contributed by atoms with E-state index in [-0.39, 0.29) is 11.7 Å². The van der Waals surface area contributed by atoms with Crippen molar-refractivity contribution in [1.29, 1.82) is 0 Å². The Morgan fingerprint density at radius 1 is 1.64 bits per heavy atom. The highest BCUT2D eigenvalue weighted by Gasteiger charge is 2.28. The number of aromatic amines is 1. The molecule has 0 aromatic carbocycles. The molecule has 0 atom stereocenters. The van der Waals surface area contributed by atoms with Crippen molar-refractivity contribution >= 4 is 5.91 Å². The first-order valence-corrected chi connectivity index (χ1v) is 4.47. The number of nitrogens with one attached hydrogen (secondary N) is 1. The molecule has 6 heteroatoms. The fourth-order valence-electron chi connectivity index (χ4n) is 1.13. The summed E-state index contributed by atoms with van der Waals surface area (Å²) < 4.78 is 0. The second kappa shape index (κ2) is 3.38. The van der Waals surface area contributed by atoms with E-state index in [1.165, 1.54) is 14.2 Å². The van der Waals surface area contributed by atoms with Crippen LogP contribution in [0.5, 0.6) is 0 Å². The first kappa shape index (κ1) is 9.14. The van der Waals surface area contributed by atoms with Crippen LogP contribution in [0.1, 0.15) is 35.2 Å². The highest BCUT2D eigenvalue weighted by Crippen LogP contribution is 2.37. The van der Waals surface area contributed by atoms with Gasteiger partial charge in [0.25, 0.3) is 0 Å². The van der Waals surface area contributed by atoms with Gasteiger partial charge in [0.15, 0.2) is 0 Å². The maximum absolute atomic E-state index is 11.5. The molecule has 76 valence electrons. The van der Waals surface area contributed by atoms with Crippen LogP contribution in [-0.4, -0.2) is 40.3 Å². The van der Waals surface area contributed by atoms with E-state index in [0.29, 0.717) is 5.92 Å². The van der Waals surface area contributed by atoms with Crippen molar-refractivity contribution in [3.8, 4) is 0 Å². The SMILES string of the molecule is CON(C)C(=O)c1n[nH]c(C2CC2)n1. The van der Waals surface area contributed by atoms with Crippen LogP contribution >= 0.6 is 0 Å². The van der Waals surface area contributed by atoms with Crippen LogP contribution in [0, 0.1) is 0 Å². The highest BCUT2D eigenvalue weighted by atomic mass is 16.7. The van der Waals surface area contributed by atoms with Crippen LogP contribution in [-0.2, 0) is 4.84 Å². The lowest BCUT2D eigenvalue weighted by Crippen LogP contribution is -2.26. The number of H-pyrrole nitrogens is 1. The molecular weight excluding hydrogens is 184 g/mol. The minimum absolute atomic E-state index is 0.163. The summed E-state index contributed by atoms with van der Waals surface area (Å²) in [5.41, 5.74) is 0. The van der Waals surface area contributed by atoms with E-state index in [1.807, 2.05) is 0 Å². The molecule has 14 heavy (non-hydrogen) atoms. The number of nitrogens with zero attached hydrogens (tertiary/aromatic N) is 3. The Hall–Kier alpha value is -1.43. The number of rotatable bonds is 3. The lowest BCUT2D eigenvalue weighted by atomic mass is 10.4. The van der Waals surface area contributed by atoms with Gasteiger partial charge in [-0.1, -0.05) is 0 Å². The summed E-state index contributed by atoms with van der Waals surface area (Å²) >= 11 is 0. The van der Waals surface area contributed by atoms with Crippen molar-refractivity contribution in [3.05, 3.63) is 11.6 Å². The van der Waals surface area contributed by atoms with E-state index in [2.05, 4.69) is 15.2 Å². The largest absolute Gasteiger partial charge is 0.316 e. The smallest absolute Gasteiger partial charge is 0.274 e. The number of hydrogen-bond acceptors (Lipinski definition) is 4. The van der Waals surface area contributed by atoms with E-state index in [9.17, 15) is 4.79 Å². The fourth-order valence-corrected chi connectivity index (χ4v) is 1.13. The van der Waals surface area contributed by atoms with Crippen molar-refractivity contribution in [3.63, 3.8) is 0 Å². The van der Waals surface area contributed by atoms with E-state index >= 15 is 0 Å². The van der Waals surface area contributed by atoms with Crippen LogP contribution < -0.4 is 0 Å². The lowest BCUT2D eigenvalue weighted by Gasteiger charge is -2.10. The molecule has 1 aliphatic rings. The predicted octanol–water partition coefficient (Wildman–Crippen LogP) is 0.315. The summed E-state index contributed by atoms with van der Waals surface area (Å²) in [5.74, 6) is 1.10. The van der Waals surface area contributed by atoms with Crippen LogP contribution in [0.25, 0.3) is 0 Å². The molecular formula is C8H12N4O2. The number of aromatic nitrogens is 3. The van der Waals surface area contributed by atoms with Gasteiger partial charge in [-0.25, -0.2) is 10.0 Å². The van der Waals surface area contributed by atoms with Crippen molar-refractivity contribution in [2.24, 2.45) is 0 Å². The van der Waals surface area contributed by atoms with Crippen molar-refractivity contribution in [1.82, 2.24) is 20.2 Å². The Morgan fingerprint density at radius 3 is 2.93 bits per heavy atom. The molecule has 0 bridgehead atoms.